The van der Waals surface area contributed by atoms with E-state index in [1.54, 1.807) is 12.1 Å². The Morgan fingerprint density at radius 1 is 1.09 bits per heavy atom. The van der Waals surface area contributed by atoms with E-state index >= 15 is 0 Å². The minimum Gasteiger partial charge on any atom is -0.342 e. The Hall–Kier alpha value is -1.69. The summed E-state index contributed by atoms with van der Waals surface area (Å²) < 4.78 is 0.584. The number of carbonyl (C=O) groups is 2. The Kier molecular flexibility index (Phi) is 8.03. The molecule has 1 saturated carbocycles. The molecule has 0 radical (unpaired) electrons. The second kappa shape index (κ2) is 11.0. The molecule has 1 amide bonds. The predicted octanol–water partition coefficient (Wildman–Crippen LogP) is 5.31. The van der Waals surface area contributed by atoms with Crippen LogP contribution in [-0.2, 0) is 24.1 Å². The van der Waals surface area contributed by atoms with Gasteiger partial charge in [0.25, 0.3) is 5.91 Å². The van der Waals surface area contributed by atoms with Gasteiger partial charge in [-0.15, -0.1) is 11.3 Å². The average Bonchev–Trinajstić information content (AvgIpc) is 3.14. The molecule has 1 aromatic heterocycles. The summed E-state index contributed by atoms with van der Waals surface area (Å²) in [6.07, 6.45) is 9.20. The second-order valence-corrected chi connectivity index (χ2v) is 11.1. The fraction of sp³-hybridized carbons (Fsp3) is 0.538. The summed E-state index contributed by atoms with van der Waals surface area (Å²) in [4.78, 5) is 29.1. The molecule has 4 rings (SSSR count). The number of hydrogen-bond donors (Lipinski definition) is 1. The molecule has 0 spiro atoms. The molecule has 0 bridgehead atoms. The summed E-state index contributed by atoms with van der Waals surface area (Å²) in [6.45, 7) is 2.13. The third-order valence-corrected chi connectivity index (χ3v) is 8.19. The number of halogens is 1. The van der Waals surface area contributed by atoms with Crippen molar-refractivity contribution in [2.75, 3.05) is 20.1 Å². The van der Waals surface area contributed by atoms with Crippen molar-refractivity contribution in [3.63, 3.8) is 0 Å². The molecule has 0 unspecified atom stereocenters. The van der Waals surface area contributed by atoms with Gasteiger partial charge in [-0.3, -0.25) is 9.59 Å². The standard InChI is InChI=1S/C26H33ClN2O2S/c1-29-13-11-20-8-7-19(15-21(20)12-14-29)17-23(30)22(16-18-5-3-2-4-6-18)28-26(31)24-9-10-25(27)32-24/h7-10,15,18,22H,2-6,11-14,16-17H2,1H3,(H,28,31)/t22-/m1/s1. The molecule has 4 nitrogen and oxygen atoms in total. The average molecular weight is 473 g/mol. The van der Waals surface area contributed by atoms with E-state index in [0.717, 1.165) is 50.8 Å². The molecule has 32 heavy (non-hydrogen) atoms. The number of benzene rings is 1. The number of Topliss-reactive ketones (excluding diaryl/α,β-unsaturated/α-hetero) is 1. The van der Waals surface area contributed by atoms with Crippen molar-refractivity contribution in [2.24, 2.45) is 5.92 Å². The van der Waals surface area contributed by atoms with Crippen molar-refractivity contribution in [3.8, 4) is 0 Å². The van der Waals surface area contributed by atoms with Crippen molar-refractivity contribution in [3.05, 3.63) is 56.2 Å². The highest BCUT2D eigenvalue weighted by atomic mass is 35.5. The lowest BCUT2D eigenvalue weighted by Crippen LogP contribution is -2.43. The van der Waals surface area contributed by atoms with Crippen LogP contribution >= 0.6 is 22.9 Å². The zero-order chi connectivity index (χ0) is 22.5. The molecule has 1 N–H and O–H groups in total. The van der Waals surface area contributed by atoms with E-state index in [-0.39, 0.29) is 11.7 Å². The lowest BCUT2D eigenvalue weighted by molar-refractivity contribution is -0.120. The summed E-state index contributed by atoms with van der Waals surface area (Å²) in [5, 5.41) is 3.05. The topological polar surface area (TPSA) is 49.4 Å². The maximum atomic E-state index is 13.4. The first kappa shape index (κ1) is 23.5. The molecule has 6 heteroatoms. The van der Waals surface area contributed by atoms with Gasteiger partial charge in [0.2, 0.25) is 0 Å². The third kappa shape index (κ3) is 6.21. The largest absolute Gasteiger partial charge is 0.342 e. The number of thiophene rings is 1. The maximum Gasteiger partial charge on any atom is 0.261 e. The van der Waals surface area contributed by atoms with Crippen LogP contribution in [0.25, 0.3) is 0 Å². The summed E-state index contributed by atoms with van der Waals surface area (Å²) in [7, 11) is 2.16. The lowest BCUT2D eigenvalue weighted by atomic mass is 9.83. The first-order valence-electron chi connectivity index (χ1n) is 11.9. The molecule has 172 valence electrons. The van der Waals surface area contributed by atoms with Gasteiger partial charge in [0.1, 0.15) is 0 Å². The molecule has 1 atom stereocenters. The first-order chi connectivity index (χ1) is 15.5. The summed E-state index contributed by atoms with van der Waals surface area (Å²) in [5.74, 6) is 0.422. The summed E-state index contributed by atoms with van der Waals surface area (Å²) in [5.41, 5.74) is 3.81. The highest BCUT2D eigenvalue weighted by Crippen LogP contribution is 2.28. The Bertz CT molecular complexity index is 951. The number of nitrogens with one attached hydrogen (secondary N) is 1. The molecule has 1 fully saturated rings. The number of carbonyl (C=O) groups excluding carboxylic acids is 2. The van der Waals surface area contributed by atoms with E-state index in [4.69, 9.17) is 11.6 Å². The van der Waals surface area contributed by atoms with Gasteiger partial charge < -0.3 is 10.2 Å². The Morgan fingerprint density at radius 2 is 1.84 bits per heavy atom. The Morgan fingerprint density at radius 3 is 2.56 bits per heavy atom. The molecule has 2 aliphatic rings. The SMILES string of the molecule is CN1CCc2ccc(CC(=O)[C@@H](CC3CCCCC3)NC(=O)c3ccc(Cl)s3)cc2CC1. The number of ketones is 1. The Balaban J connectivity index is 1.47. The van der Waals surface area contributed by atoms with Crippen LogP contribution in [0.3, 0.4) is 0 Å². The van der Waals surface area contributed by atoms with Gasteiger partial charge in [-0.1, -0.05) is 61.9 Å². The Labute approximate surface area is 200 Å². The third-order valence-electron chi connectivity index (χ3n) is 6.96. The van der Waals surface area contributed by atoms with Gasteiger partial charge in [0.15, 0.2) is 5.78 Å². The molecule has 2 heterocycles. The fourth-order valence-electron chi connectivity index (χ4n) is 5.02. The van der Waals surface area contributed by atoms with Crippen LogP contribution in [0.15, 0.2) is 30.3 Å². The van der Waals surface area contributed by atoms with Gasteiger partial charge in [0, 0.05) is 19.5 Å². The van der Waals surface area contributed by atoms with E-state index in [9.17, 15) is 9.59 Å². The molecule has 1 aliphatic heterocycles. The minimum atomic E-state index is -0.448. The molecule has 0 saturated heterocycles. The second-order valence-electron chi connectivity index (χ2n) is 9.42. The normalized spacial score (nSPS) is 18.6. The van der Waals surface area contributed by atoms with E-state index in [1.807, 2.05) is 0 Å². The van der Waals surface area contributed by atoms with E-state index in [2.05, 4.69) is 35.5 Å². The van der Waals surface area contributed by atoms with Crippen LogP contribution in [0.4, 0.5) is 0 Å². The summed E-state index contributed by atoms with van der Waals surface area (Å²) in [6, 6.07) is 9.52. The van der Waals surface area contributed by atoms with E-state index in [0.29, 0.717) is 21.6 Å². The van der Waals surface area contributed by atoms with Crippen LogP contribution in [0, 0.1) is 5.92 Å². The number of nitrogens with zero attached hydrogens (tertiary/aromatic N) is 1. The zero-order valence-corrected chi connectivity index (χ0v) is 20.4. The highest BCUT2D eigenvalue weighted by Gasteiger charge is 2.27. The van der Waals surface area contributed by atoms with Gasteiger partial charge in [-0.2, -0.15) is 0 Å². The van der Waals surface area contributed by atoms with Crippen molar-refractivity contribution in [1.82, 2.24) is 10.2 Å². The molecular formula is C26H33ClN2O2S. The van der Waals surface area contributed by atoms with Crippen LogP contribution in [-0.4, -0.2) is 42.8 Å². The quantitative estimate of drug-likeness (QED) is 0.593. The minimum absolute atomic E-state index is 0.109. The highest BCUT2D eigenvalue weighted by molar-refractivity contribution is 7.18. The van der Waals surface area contributed by atoms with Gasteiger partial charge >= 0.3 is 0 Å². The smallest absolute Gasteiger partial charge is 0.261 e. The zero-order valence-electron chi connectivity index (χ0n) is 18.9. The van der Waals surface area contributed by atoms with Crippen LogP contribution in [0.2, 0.25) is 4.34 Å². The monoisotopic (exact) mass is 472 g/mol. The number of amides is 1. The van der Waals surface area contributed by atoms with Crippen LogP contribution in [0.5, 0.6) is 0 Å². The number of hydrogen-bond acceptors (Lipinski definition) is 4. The number of fused-ring (bicyclic) bond motifs is 1. The van der Waals surface area contributed by atoms with Gasteiger partial charge in [-0.05, 0) is 61.1 Å². The van der Waals surface area contributed by atoms with Crippen LogP contribution in [0.1, 0.15) is 64.9 Å². The van der Waals surface area contributed by atoms with Crippen molar-refractivity contribution < 1.29 is 9.59 Å². The van der Waals surface area contributed by atoms with Gasteiger partial charge in [0.05, 0.1) is 15.3 Å². The van der Waals surface area contributed by atoms with E-state index in [1.165, 1.54) is 41.7 Å². The first-order valence-corrected chi connectivity index (χ1v) is 13.1. The molecular weight excluding hydrogens is 440 g/mol. The summed E-state index contributed by atoms with van der Waals surface area (Å²) >= 11 is 7.27. The van der Waals surface area contributed by atoms with Crippen molar-refractivity contribution in [2.45, 2.75) is 63.8 Å². The fourth-order valence-corrected chi connectivity index (χ4v) is 5.96. The van der Waals surface area contributed by atoms with E-state index < -0.39 is 6.04 Å². The van der Waals surface area contributed by atoms with Gasteiger partial charge in [-0.25, -0.2) is 0 Å². The molecule has 1 aromatic carbocycles. The van der Waals surface area contributed by atoms with Crippen LogP contribution < -0.4 is 5.32 Å². The number of likely N-dealkylation sites (N-methyl/N-ethyl adjacent to an activating group) is 1. The van der Waals surface area contributed by atoms with Crippen molar-refractivity contribution >= 4 is 34.6 Å². The number of rotatable bonds is 7. The lowest BCUT2D eigenvalue weighted by Gasteiger charge is -2.26. The predicted molar refractivity (Wildman–Crippen MR) is 132 cm³/mol. The molecule has 1 aliphatic carbocycles. The maximum absolute atomic E-state index is 13.4. The van der Waals surface area contributed by atoms with Crippen molar-refractivity contribution in [1.29, 1.82) is 0 Å². The molecule has 2 aromatic rings.